The molecule has 1 aromatic heterocycles. The fraction of sp³-hybridized carbons (Fsp3) is 0.579. The molecule has 158 valence electrons. The van der Waals surface area contributed by atoms with Crippen molar-refractivity contribution in [3.63, 3.8) is 0 Å². The van der Waals surface area contributed by atoms with E-state index in [0.29, 0.717) is 24.7 Å². The van der Waals surface area contributed by atoms with E-state index in [4.69, 9.17) is 9.47 Å². The van der Waals surface area contributed by atoms with Crippen LogP contribution in [-0.2, 0) is 29.3 Å². The molecular formula is C19H27N5O5. The zero-order valence-electron chi connectivity index (χ0n) is 17.7. The highest BCUT2D eigenvalue weighted by Crippen LogP contribution is 2.42. The summed E-state index contributed by atoms with van der Waals surface area (Å²) >= 11 is 0. The first-order chi connectivity index (χ1) is 13.7. The zero-order chi connectivity index (χ0) is 21.8. The highest BCUT2D eigenvalue weighted by molar-refractivity contribution is 6.07. The number of carbonyl (C=O) groups excluding carboxylic acids is 3. The molecular weight excluding hydrogens is 378 g/mol. The molecule has 0 spiro atoms. The Kier molecular flexibility index (Phi) is 6.89. The molecule has 1 aliphatic carbocycles. The van der Waals surface area contributed by atoms with Gasteiger partial charge >= 0.3 is 11.9 Å². The molecule has 0 bridgehead atoms. The Bertz CT molecular complexity index is 810. The third kappa shape index (κ3) is 4.36. The van der Waals surface area contributed by atoms with Crippen molar-refractivity contribution in [2.45, 2.75) is 31.1 Å². The molecule has 0 amide bonds. The van der Waals surface area contributed by atoms with Crippen LogP contribution in [0.2, 0.25) is 0 Å². The molecule has 1 heterocycles. The summed E-state index contributed by atoms with van der Waals surface area (Å²) in [6.07, 6.45) is 2.84. The number of Topliss-reactive ketones (excluding diaryl/α,β-unsaturated/α-hetero) is 1. The lowest BCUT2D eigenvalue weighted by atomic mass is 9.67. The van der Waals surface area contributed by atoms with Crippen molar-refractivity contribution in [3.05, 3.63) is 17.5 Å². The number of nitrogens with zero attached hydrogens (tertiary/aromatic N) is 5. The lowest BCUT2D eigenvalue weighted by Crippen LogP contribution is -2.45. The van der Waals surface area contributed by atoms with E-state index in [1.165, 1.54) is 14.2 Å². The summed E-state index contributed by atoms with van der Waals surface area (Å²) in [5, 5.41) is 0. The van der Waals surface area contributed by atoms with Gasteiger partial charge in [0.25, 0.3) is 0 Å². The molecule has 1 aromatic rings. The first-order valence-corrected chi connectivity index (χ1v) is 9.20. The van der Waals surface area contributed by atoms with Gasteiger partial charge < -0.3 is 19.3 Å². The number of hydrogen-bond acceptors (Lipinski definition) is 10. The Hall–Kier alpha value is -3.04. The van der Waals surface area contributed by atoms with Crippen LogP contribution < -0.4 is 9.80 Å². The molecule has 1 saturated carbocycles. The number of ketones is 1. The van der Waals surface area contributed by atoms with Crippen LogP contribution in [0.3, 0.4) is 0 Å². The smallest absolute Gasteiger partial charge is 0.335 e. The molecule has 0 aromatic carbocycles. The van der Waals surface area contributed by atoms with E-state index >= 15 is 0 Å². The maximum atomic E-state index is 13.3. The second kappa shape index (κ2) is 8.97. The van der Waals surface area contributed by atoms with Crippen molar-refractivity contribution >= 4 is 29.6 Å². The van der Waals surface area contributed by atoms with Gasteiger partial charge in [0.2, 0.25) is 11.9 Å². The average molecular weight is 405 g/mol. The monoisotopic (exact) mass is 405 g/mol. The number of esters is 2. The minimum absolute atomic E-state index is 0.116. The van der Waals surface area contributed by atoms with Crippen molar-refractivity contribution < 1.29 is 23.9 Å². The minimum atomic E-state index is -1.52. The van der Waals surface area contributed by atoms with Crippen LogP contribution in [0.25, 0.3) is 0 Å². The molecule has 0 saturated heterocycles. The van der Waals surface area contributed by atoms with Crippen LogP contribution in [0.4, 0.5) is 11.9 Å². The predicted molar refractivity (Wildman–Crippen MR) is 106 cm³/mol. The highest BCUT2D eigenvalue weighted by Gasteiger charge is 2.51. The van der Waals surface area contributed by atoms with E-state index in [0.717, 1.165) is 6.08 Å². The molecule has 1 aliphatic rings. The van der Waals surface area contributed by atoms with Crippen molar-refractivity contribution in [1.29, 1.82) is 0 Å². The minimum Gasteiger partial charge on any atom is -0.466 e. The first-order valence-electron chi connectivity index (χ1n) is 9.20. The van der Waals surface area contributed by atoms with Gasteiger partial charge in [-0.3, -0.25) is 4.79 Å². The quantitative estimate of drug-likeness (QED) is 0.494. The van der Waals surface area contributed by atoms with Gasteiger partial charge in [-0.1, -0.05) is 6.42 Å². The van der Waals surface area contributed by atoms with Crippen LogP contribution in [-0.4, -0.2) is 75.1 Å². The van der Waals surface area contributed by atoms with Gasteiger partial charge in [-0.25, -0.2) is 9.59 Å². The topological polar surface area (TPSA) is 115 Å². The lowest BCUT2D eigenvalue weighted by molar-refractivity contribution is -0.141. The van der Waals surface area contributed by atoms with E-state index in [9.17, 15) is 14.4 Å². The summed E-state index contributed by atoms with van der Waals surface area (Å²) in [5.74, 6) is -1.03. The molecule has 1 unspecified atom stereocenters. The average Bonchev–Trinajstić information content (AvgIpc) is 2.71. The summed E-state index contributed by atoms with van der Waals surface area (Å²) in [6.45, 7) is 0. The molecule has 1 atom stereocenters. The summed E-state index contributed by atoms with van der Waals surface area (Å²) < 4.78 is 9.60. The summed E-state index contributed by atoms with van der Waals surface area (Å²) in [6, 6.07) is 0. The number of anilines is 2. The highest BCUT2D eigenvalue weighted by atomic mass is 16.5. The Morgan fingerprint density at radius 1 is 0.966 bits per heavy atom. The van der Waals surface area contributed by atoms with Gasteiger partial charge in [0, 0.05) is 40.7 Å². The molecule has 0 radical (unpaired) electrons. The maximum absolute atomic E-state index is 13.3. The second-order valence-corrected chi connectivity index (χ2v) is 7.16. The van der Waals surface area contributed by atoms with Crippen LogP contribution >= 0.6 is 0 Å². The number of methoxy groups -OCH3 is 2. The van der Waals surface area contributed by atoms with Crippen LogP contribution in [0.1, 0.15) is 31.5 Å². The van der Waals surface area contributed by atoms with Crippen molar-refractivity contribution in [1.82, 2.24) is 15.0 Å². The van der Waals surface area contributed by atoms with Gasteiger partial charge in [-0.2, -0.15) is 15.0 Å². The van der Waals surface area contributed by atoms with Gasteiger partial charge in [0.1, 0.15) is 5.41 Å². The standard InChI is InChI=1S/C19H27N5O5/c1-23(2)17-20-16(21-18(22-17)24(3)4)19(10-8-7-9-13(19)25)12(15(27)29-6)11-14(26)28-5/h11H,7-10H2,1-6H3/b12-11-. The predicted octanol–water partition coefficient (Wildman–Crippen LogP) is 0.657. The normalized spacial score (nSPS) is 19.5. The van der Waals surface area contributed by atoms with E-state index in [-0.39, 0.29) is 30.0 Å². The summed E-state index contributed by atoms with van der Waals surface area (Å²) in [5.41, 5.74) is -1.64. The third-order valence-electron chi connectivity index (χ3n) is 4.80. The third-order valence-corrected chi connectivity index (χ3v) is 4.80. The van der Waals surface area contributed by atoms with Crippen molar-refractivity contribution in [2.75, 3.05) is 52.2 Å². The lowest BCUT2D eigenvalue weighted by Gasteiger charge is -2.35. The number of hydrogen-bond donors (Lipinski definition) is 0. The number of rotatable bonds is 6. The maximum Gasteiger partial charge on any atom is 0.335 e. The van der Waals surface area contributed by atoms with E-state index in [2.05, 4.69) is 15.0 Å². The Morgan fingerprint density at radius 3 is 2.00 bits per heavy atom. The zero-order valence-corrected chi connectivity index (χ0v) is 17.7. The molecule has 2 rings (SSSR count). The van der Waals surface area contributed by atoms with E-state index in [1.54, 1.807) is 38.0 Å². The largest absolute Gasteiger partial charge is 0.466 e. The van der Waals surface area contributed by atoms with Gasteiger partial charge in [-0.05, 0) is 12.8 Å². The van der Waals surface area contributed by atoms with Gasteiger partial charge in [0.05, 0.1) is 19.8 Å². The Labute approximate surface area is 169 Å². The number of aromatic nitrogens is 3. The fourth-order valence-electron chi connectivity index (χ4n) is 3.26. The Balaban J connectivity index is 2.86. The number of carbonyl (C=O) groups is 3. The molecule has 29 heavy (non-hydrogen) atoms. The molecule has 10 nitrogen and oxygen atoms in total. The summed E-state index contributed by atoms with van der Waals surface area (Å²) in [7, 11) is 9.44. The van der Waals surface area contributed by atoms with Crippen LogP contribution in [0.15, 0.2) is 11.6 Å². The first kappa shape index (κ1) is 22.3. The second-order valence-electron chi connectivity index (χ2n) is 7.16. The molecule has 0 aliphatic heterocycles. The number of ether oxygens (including phenoxy) is 2. The Morgan fingerprint density at radius 2 is 1.55 bits per heavy atom. The van der Waals surface area contributed by atoms with Gasteiger partial charge in [-0.15, -0.1) is 0 Å². The fourth-order valence-corrected chi connectivity index (χ4v) is 3.26. The molecule has 10 heteroatoms. The van der Waals surface area contributed by atoms with E-state index < -0.39 is 17.4 Å². The van der Waals surface area contributed by atoms with Crippen LogP contribution in [0.5, 0.6) is 0 Å². The SMILES string of the molecule is COC(=O)/C=C(/C(=O)OC)C1(c2nc(N(C)C)nc(N(C)C)n2)CCCCC1=O. The van der Waals surface area contributed by atoms with Crippen LogP contribution in [0, 0.1) is 0 Å². The molecule has 1 fully saturated rings. The molecule has 0 N–H and O–H groups in total. The van der Waals surface area contributed by atoms with Gasteiger partial charge in [0.15, 0.2) is 11.6 Å². The van der Waals surface area contributed by atoms with Crippen molar-refractivity contribution in [3.8, 4) is 0 Å². The van der Waals surface area contributed by atoms with Crippen molar-refractivity contribution in [2.24, 2.45) is 0 Å². The van der Waals surface area contributed by atoms with E-state index in [1.807, 2.05) is 0 Å². The summed E-state index contributed by atoms with van der Waals surface area (Å²) in [4.78, 5) is 54.7.